The normalized spacial score (nSPS) is 25.0. The zero-order valence-electron chi connectivity index (χ0n) is 17.0. The summed E-state index contributed by atoms with van der Waals surface area (Å²) >= 11 is 0. The van der Waals surface area contributed by atoms with E-state index in [1.807, 2.05) is 4.90 Å². The number of carbonyl (C=O) groups excluding carboxylic acids is 3. The molecule has 154 valence electrons. The predicted molar refractivity (Wildman–Crippen MR) is 98.9 cm³/mol. The van der Waals surface area contributed by atoms with E-state index in [1.54, 1.807) is 27.7 Å². The van der Waals surface area contributed by atoms with E-state index >= 15 is 0 Å². The SMILES string of the molecule is CCOC(=O)C1CCC(OC(C(=O)C(=O)OC(C)(C)C)N2CCCC2)CC1. The van der Waals surface area contributed by atoms with Gasteiger partial charge in [0.2, 0.25) is 0 Å². The Balaban J connectivity index is 1.96. The highest BCUT2D eigenvalue weighted by atomic mass is 16.6. The van der Waals surface area contributed by atoms with Gasteiger partial charge in [-0.25, -0.2) is 4.79 Å². The van der Waals surface area contributed by atoms with Crippen molar-refractivity contribution in [3.63, 3.8) is 0 Å². The molecular weight excluding hydrogens is 350 g/mol. The van der Waals surface area contributed by atoms with E-state index in [1.165, 1.54) is 0 Å². The van der Waals surface area contributed by atoms with Gasteiger partial charge in [-0.15, -0.1) is 0 Å². The molecule has 1 saturated heterocycles. The van der Waals surface area contributed by atoms with Crippen LogP contribution in [0.1, 0.15) is 66.2 Å². The van der Waals surface area contributed by atoms with Crippen LogP contribution >= 0.6 is 0 Å². The second kappa shape index (κ2) is 9.64. The molecule has 27 heavy (non-hydrogen) atoms. The Labute approximate surface area is 161 Å². The zero-order chi connectivity index (χ0) is 20.0. The fourth-order valence-electron chi connectivity index (χ4n) is 3.60. The van der Waals surface area contributed by atoms with Crippen LogP contribution in [0.25, 0.3) is 0 Å². The van der Waals surface area contributed by atoms with E-state index in [-0.39, 0.29) is 18.0 Å². The third-order valence-corrected chi connectivity index (χ3v) is 4.91. The third-order valence-electron chi connectivity index (χ3n) is 4.91. The lowest BCUT2D eigenvalue weighted by molar-refractivity contribution is -0.177. The molecule has 1 atom stereocenters. The molecule has 1 heterocycles. The molecule has 1 saturated carbocycles. The highest BCUT2D eigenvalue weighted by Gasteiger charge is 2.38. The van der Waals surface area contributed by atoms with Gasteiger partial charge in [0.15, 0.2) is 6.23 Å². The van der Waals surface area contributed by atoms with Crippen molar-refractivity contribution in [3.8, 4) is 0 Å². The molecule has 1 unspecified atom stereocenters. The van der Waals surface area contributed by atoms with E-state index in [0.29, 0.717) is 32.3 Å². The van der Waals surface area contributed by atoms with Crippen molar-refractivity contribution < 1.29 is 28.6 Å². The minimum absolute atomic E-state index is 0.100. The van der Waals surface area contributed by atoms with Crippen LogP contribution in [0.15, 0.2) is 0 Å². The minimum atomic E-state index is -0.897. The van der Waals surface area contributed by atoms with E-state index < -0.39 is 23.6 Å². The molecule has 2 aliphatic rings. The van der Waals surface area contributed by atoms with Gasteiger partial charge in [0.25, 0.3) is 5.78 Å². The zero-order valence-corrected chi connectivity index (χ0v) is 17.0. The Morgan fingerprint density at radius 1 is 1.04 bits per heavy atom. The Morgan fingerprint density at radius 2 is 1.63 bits per heavy atom. The van der Waals surface area contributed by atoms with Crippen LogP contribution in [-0.4, -0.2) is 60.3 Å². The third kappa shape index (κ3) is 6.57. The maximum Gasteiger partial charge on any atom is 0.379 e. The number of carbonyl (C=O) groups is 3. The molecule has 2 rings (SSSR count). The number of nitrogens with zero attached hydrogens (tertiary/aromatic N) is 1. The lowest BCUT2D eigenvalue weighted by atomic mass is 9.87. The number of hydrogen-bond acceptors (Lipinski definition) is 7. The topological polar surface area (TPSA) is 82.1 Å². The molecule has 0 aromatic heterocycles. The summed E-state index contributed by atoms with van der Waals surface area (Å²) in [5, 5.41) is 0. The van der Waals surface area contributed by atoms with Crippen molar-refractivity contribution in [2.75, 3.05) is 19.7 Å². The van der Waals surface area contributed by atoms with Crippen LogP contribution in [0.4, 0.5) is 0 Å². The Morgan fingerprint density at radius 3 is 2.15 bits per heavy atom. The van der Waals surface area contributed by atoms with Gasteiger partial charge >= 0.3 is 11.9 Å². The minimum Gasteiger partial charge on any atom is -0.466 e. The van der Waals surface area contributed by atoms with E-state index in [4.69, 9.17) is 14.2 Å². The van der Waals surface area contributed by atoms with Gasteiger partial charge in [0, 0.05) is 13.1 Å². The molecule has 0 bridgehead atoms. The van der Waals surface area contributed by atoms with Crippen molar-refractivity contribution in [2.45, 2.75) is 84.2 Å². The van der Waals surface area contributed by atoms with Crippen molar-refractivity contribution in [1.29, 1.82) is 0 Å². The summed E-state index contributed by atoms with van der Waals surface area (Å²) in [4.78, 5) is 38.8. The molecule has 0 N–H and O–H groups in total. The second-order valence-electron chi connectivity index (χ2n) is 8.32. The first-order valence-electron chi connectivity index (χ1n) is 10.0. The number of ether oxygens (including phenoxy) is 3. The molecule has 0 amide bonds. The van der Waals surface area contributed by atoms with Crippen molar-refractivity contribution in [1.82, 2.24) is 4.90 Å². The van der Waals surface area contributed by atoms with Gasteiger partial charge in [0.1, 0.15) is 5.60 Å². The smallest absolute Gasteiger partial charge is 0.379 e. The monoisotopic (exact) mass is 383 g/mol. The van der Waals surface area contributed by atoms with Crippen molar-refractivity contribution >= 4 is 17.7 Å². The molecule has 1 aliphatic heterocycles. The Bertz CT molecular complexity index is 527. The molecule has 0 spiro atoms. The first kappa shape index (κ1) is 21.8. The van der Waals surface area contributed by atoms with E-state index in [0.717, 1.165) is 25.9 Å². The van der Waals surface area contributed by atoms with Crippen LogP contribution in [0, 0.1) is 5.92 Å². The molecule has 1 aliphatic carbocycles. The standard InChI is InChI=1S/C20H33NO6/c1-5-25-18(23)14-8-10-15(11-9-14)26-17(21-12-6-7-13-21)16(22)19(24)27-20(2,3)4/h14-15,17H,5-13H2,1-4H3. The highest BCUT2D eigenvalue weighted by molar-refractivity contribution is 6.35. The van der Waals surface area contributed by atoms with Crippen LogP contribution in [-0.2, 0) is 28.6 Å². The fraction of sp³-hybridized carbons (Fsp3) is 0.850. The summed E-state index contributed by atoms with van der Waals surface area (Å²) in [7, 11) is 0. The van der Waals surface area contributed by atoms with Crippen LogP contribution in [0.3, 0.4) is 0 Å². The molecule has 0 radical (unpaired) electrons. The van der Waals surface area contributed by atoms with Gasteiger partial charge in [0.05, 0.1) is 18.6 Å². The summed E-state index contributed by atoms with van der Waals surface area (Å²) in [6.45, 7) is 8.86. The van der Waals surface area contributed by atoms with Crippen molar-refractivity contribution in [3.05, 3.63) is 0 Å². The molecule has 0 aromatic rings. The van der Waals surface area contributed by atoms with Crippen LogP contribution in [0.2, 0.25) is 0 Å². The van der Waals surface area contributed by atoms with E-state index in [9.17, 15) is 14.4 Å². The summed E-state index contributed by atoms with van der Waals surface area (Å²) in [6.07, 6.45) is 3.63. The van der Waals surface area contributed by atoms with Crippen molar-refractivity contribution in [2.24, 2.45) is 5.92 Å². The van der Waals surface area contributed by atoms with Gasteiger partial charge < -0.3 is 14.2 Å². The average molecular weight is 383 g/mol. The summed E-state index contributed by atoms with van der Waals surface area (Å²) < 4.78 is 16.4. The number of likely N-dealkylation sites (tertiary alicyclic amines) is 1. The number of esters is 2. The molecule has 0 aromatic carbocycles. The molecule has 7 heteroatoms. The molecular formula is C20H33NO6. The number of Topliss-reactive ketones (excluding diaryl/α,β-unsaturated/α-hetero) is 1. The van der Waals surface area contributed by atoms with Gasteiger partial charge in [-0.2, -0.15) is 0 Å². The predicted octanol–water partition coefficient (Wildman–Crippen LogP) is 2.46. The van der Waals surface area contributed by atoms with E-state index in [2.05, 4.69) is 0 Å². The molecule has 2 fully saturated rings. The van der Waals surface area contributed by atoms with Gasteiger partial charge in [-0.05, 0) is 66.2 Å². The second-order valence-corrected chi connectivity index (χ2v) is 8.32. The largest absolute Gasteiger partial charge is 0.466 e. The van der Waals surface area contributed by atoms with Crippen LogP contribution < -0.4 is 0 Å². The number of rotatable bonds is 7. The fourth-order valence-corrected chi connectivity index (χ4v) is 3.60. The summed E-state index contributed by atoms with van der Waals surface area (Å²) in [5.74, 6) is -1.74. The first-order valence-corrected chi connectivity index (χ1v) is 10.0. The summed E-state index contributed by atoms with van der Waals surface area (Å²) in [6, 6.07) is 0. The van der Waals surface area contributed by atoms with Gasteiger partial charge in [-0.3, -0.25) is 14.5 Å². The Kier molecular flexibility index (Phi) is 7.79. The number of ketones is 1. The maximum atomic E-state index is 12.7. The molecule has 7 nitrogen and oxygen atoms in total. The summed E-state index contributed by atoms with van der Waals surface area (Å²) in [5.41, 5.74) is -0.722. The number of hydrogen-bond donors (Lipinski definition) is 0. The lowest BCUT2D eigenvalue weighted by Gasteiger charge is -2.33. The van der Waals surface area contributed by atoms with Crippen LogP contribution in [0.5, 0.6) is 0 Å². The maximum absolute atomic E-state index is 12.7. The Hall–Kier alpha value is -1.47. The quantitative estimate of drug-likeness (QED) is 0.493. The highest BCUT2D eigenvalue weighted by Crippen LogP contribution is 2.29. The average Bonchev–Trinajstić information content (AvgIpc) is 3.12. The van der Waals surface area contributed by atoms with Gasteiger partial charge in [-0.1, -0.05) is 0 Å². The lowest BCUT2D eigenvalue weighted by Crippen LogP contribution is -2.48. The first-order chi connectivity index (χ1) is 12.7.